The highest BCUT2D eigenvalue weighted by Crippen LogP contribution is 2.59. The van der Waals surface area contributed by atoms with Gasteiger partial charge in [0.15, 0.2) is 40.7 Å². The van der Waals surface area contributed by atoms with Crippen LogP contribution in [0.15, 0.2) is 20.0 Å². The van der Waals surface area contributed by atoms with E-state index in [1.54, 1.807) is 0 Å². The summed E-state index contributed by atoms with van der Waals surface area (Å²) in [4.78, 5) is 62.1. The number of nitrogens with zero attached hydrogens (tertiary/aromatic N) is 4. The minimum Gasteiger partial charge on any atom is -0.458 e. The third-order valence-electron chi connectivity index (χ3n) is 9.19. The first-order valence-electron chi connectivity index (χ1n) is 15.4. The van der Waals surface area contributed by atoms with Crippen LogP contribution in [0.1, 0.15) is 76.5 Å². The molecule has 3 aliphatic rings. The first-order valence-corrected chi connectivity index (χ1v) is 15.7. The summed E-state index contributed by atoms with van der Waals surface area (Å²) in [5, 5.41) is 12.5. The van der Waals surface area contributed by atoms with E-state index in [2.05, 4.69) is 26.2 Å². The molecule has 1 spiro atoms. The average molecular weight is 688 g/mol. The maximum atomic E-state index is 13.0. The van der Waals surface area contributed by atoms with Gasteiger partial charge in [0.1, 0.15) is 17.9 Å². The molecule has 3 atom stereocenters. The summed E-state index contributed by atoms with van der Waals surface area (Å²) in [6, 6.07) is 0. The Labute approximate surface area is 278 Å². The normalized spacial score (nSPS) is 23.2. The van der Waals surface area contributed by atoms with Gasteiger partial charge in [-0.05, 0) is 63.5 Å². The van der Waals surface area contributed by atoms with Gasteiger partial charge in [-0.15, -0.1) is 6.42 Å². The predicted molar refractivity (Wildman–Crippen MR) is 163 cm³/mol. The molecule has 3 aromatic rings. The lowest BCUT2D eigenvalue weighted by molar-refractivity contribution is -0.174. The van der Waals surface area contributed by atoms with Gasteiger partial charge in [0.05, 0.1) is 25.3 Å². The van der Waals surface area contributed by atoms with Gasteiger partial charge in [-0.3, -0.25) is 19.5 Å². The van der Waals surface area contributed by atoms with Crippen molar-refractivity contribution in [3.63, 3.8) is 0 Å². The molecule has 3 aromatic heterocycles. The van der Waals surface area contributed by atoms with Gasteiger partial charge in [-0.1, -0.05) is 12.3 Å². The van der Waals surface area contributed by atoms with E-state index in [1.165, 1.54) is 38.1 Å². The molecule has 1 aliphatic heterocycles. The van der Waals surface area contributed by atoms with E-state index >= 15 is 0 Å². The quantitative estimate of drug-likeness (QED) is 0.135. The van der Waals surface area contributed by atoms with E-state index in [0.29, 0.717) is 0 Å². The third kappa shape index (κ3) is 6.49. The average Bonchev–Trinajstić information content (AvgIpc) is 3.64. The molecule has 1 amide bonds. The molecule has 2 N–H and O–H groups in total. The molecule has 2 saturated carbocycles. The lowest BCUT2D eigenvalue weighted by atomic mass is 9.52. The van der Waals surface area contributed by atoms with Crippen LogP contribution in [0, 0.1) is 30.6 Å². The Balaban J connectivity index is 1.11. The van der Waals surface area contributed by atoms with Crippen LogP contribution >= 0.6 is 11.6 Å². The van der Waals surface area contributed by atoms with Crippen LogP contribution in [0.5, 0.6) is 0 Å². The van der Waals surface area contributed by atoms with Gasteiger partial charge in [-0.25, -0.2) is 14.6 Å². The monoisotopic (exact) mass is 687 g/mol. The highest BCUT2D eigenvalue weighted by Gasteiger charge is 2.55. The highest BCUT2D eigenvalue weighted by molar-refractivity contribution is 6.28. The molecule has 16 nitrogen and oxygen atoms in total. The number of hydrogen-bond donors (Lipinski definition) is 2. The van der Waals surface area contributed by atoms with Gasteiger partial charge in [0.25, 0.3) is 0 Å². The van der Waals surface area contributed by atoms with Crippen molar-refractivity contribution in [3.8, 4) is 12.3 Å². The van der Waals surface area contributed by atoms with Crippen LogP contribution < -0.4 is 11.1 Å². The number of anilines is 1. The maximum Gasteiger partial charge on any atom is 0.519 e. The molecule has 3 fully saturated rings. The molecule has 6 rings (SSSR count). The van der Waals surface area contributed by atoms with E-state index in [1.807, 2.05) is 0 Å². The minimum absolute atomic E-state index is 0.0603. The number of aliphatic hydroxyl groups is 1. The summed E-state index contributed by atoms with van der Waals surface area (Å²) in [6.45, 7) is 3.53. The Morgan fingerprint density at radius 3 is 2.62 bits per heavy atom. The van der Waals surface area contributed by atoms with Crippen molar-refractivity contribution in [2.45, 2.75) is 95.9 Å². The molecule has 0 radical (unpaired) electrons. The number of terminal acetylenes is 1. The van der Waals surface area contributed by atoms with Crippen molar-refractivity contribution in [1.29, 1.82) is 0 Å². The van der Waals surface area contributed by atoms with Crippen LogP contribution in [0.25, 0.3) is 11.2 Å². The van der Waals surface area contributed by atoms with Crippen molar-refractivity contribution < 1.29 is 47.3 Å². The second kappa shape index (κ2) is 12.5. The smallest absolute Gasteiger partial charge is 0.458 e. The fraction of sp³-hybridized carbons (Fsp3) is 0.581. The van der Waals surface area contributed by atoms with E-state index in [9.17, 15) is 24.3 Å². The fourth-order valence-electron chi connectivity index (χ4n) is 6.49. The molecule has 0 bridgehead atoms. The zero-order valence-corrected chi connectivity index (χ0v) is 27.2. The van der Waals surface area contributed by atoms with Crippen molar-refractivity contribution in [2.24, 2.45) is 11.3 Å². The number of halogens is 1. The van der Waals surface area contributed by atoms with E-state index in [0.717, 1.165) is 25.7 Å². The summed E-state index contributed by atoms with van der Waals surface area (Å²) in [5.41, 5.74) is -2.40. The summed E-state index contributed by atoms with van der Waals surface area (Å²) in [7, 11) is 0. The number of rotatable bonds is 10. The summed E-state index contributed by atoms with van der Waals surface area (Å²) < 4.78 is 33.5. The van der Waals surface area contributed by atoms with Crippen LogP contribution in [-0.4, -0.2) is 66.6 Å². The number of imidazole rings is 1. The Morgan fingerprint density at radius 2 is 2.00 bits per heavy atom. The second-order valence-electron chi connectivity index (χ2n) is 13.1. The zero-order valence-electron chi connectivity index (χ0n) is 26.4. The predicted octanol–water partition coefficient (Wildman–Crippen LogP) is 3.57. The maximum absolute atomic E-state index is 13.0. The first-order chi connectivity index (χ1) is 22.7. The molecular weight excluding hydrogens is 654 g/mol. The number of aliphatic hydroxyl groups excluding tert-OH is 1. The van der Waals surface area contributed by atoms with Crippen LogP contribution in [0.3, 0.4) is 0 Å². The Hall–Kier alpha value is -4.46. The topological polar surface area (TPSA) is 207 Å². The molecule has 48 heavy (non-hydrogen) atoms. The van der Waals surface area contributed by atoms with Gasteiger partial charge in [-0.2, -0.15) is 9.97 Å². The van der Waals surface area contributed by atoms with Gasteiger partial charge < -0.3 is 32.9 Å². The number of esters is 2. The van der Waals surface area contributed by atoms with Crippen molar-refractivity contribution in [2.75, 3.05) is 11.9 Å². The van der Waals surface area contributed by atoms with Crippen molar-refractivity contribution in [3.05, 3.63) is 33.7 Å². The number of aromatic nitrogens is 4. The summed E-state index contributed by atoms with van der Waals surface area (Å²) >= 11 is 6.21. The SMILES string of the molecule is C#C[C@]1(CO)O[C@@H](n2cnc3c(NC(=O)OC(C)(C)CC(=O)OCc4oc(=O)oc4C)nc(Cl)nc32)C[C@@H]1OC(=O)C1CC2(CCC2)C1. The van der Waals surface area contributed by atoms with E-state index < -0.39 is 48.0 Å². The number of carbonyl (C=O) groups is 3. The zero-order chi connectivity index (χ0) is 34.4. The lowest BCUT2D eigenvalue weighted by Crippen LogP contribution is -2.49. The van der Waals surface area contributed by atoms with Crippen molar-refractivity contribution >= 4 is 46.6 Å². The number of fused-ring (bicyclic) bond motifs is 1. The number of ether oxygens (including phenoxy) is 4. The number of amides is 1. The first kappa shape index (κ1) is 33.4. The fourth-order valence-corrected chi connectivity index (χ4v) is 6.65. The second-order valence-corrected chi connectivity index (χ2v) is 13.4. The van der Waals surface area contributed by atoms with Crippen molar-refractivity contribution in [1.82, 2.24) is 19.5 Å². The van der Waals surface area contributed by atoms with Crippen LogP contribution in [0.4, 0.5) is 10.6 Å². The highest BCUT2D eigenvalue weighted by atomic mass is 35.5. The minimum atomic E-state index is -1.60. The van der Waals surface area contributed by atoms with Gasteiger partial charge in [0.2, 0.25) is 5.28 Å². The molecule has 17 heteroatoms. The molecule has 0 unspecified atom stereocenters. The van der Waals surface area contributed by atoms with Gasteiger partial charge in [0, 0.05) is 6.42 Å². The Bertz CT molecular complexity index is 1850. The number of nitrogens with one attached hydrogen (secondary N) is 1. The summed E-state index contributed by atoms with van der Waals surface area (Å²) in [5.74, 6) is 0.388. The van der Waals surface area contributed by atoms with E-state index in [-0.39, 0.29) is 70.5 Å². The van der Waals surface area contributed by atoms with E-state index in [4.69, 9.17) is 45.8 Å². The molecule has 1 saturated heterocycles. The molecule has 0 aromatic carbocycles. The number of aryl methyl sites for hydroxylation is 1. The standard InChI is InChI=1S/C31H34ClN5O11/c1-5-31(14-38)19(46-25(40)17-10-30(11-17)7-6-8-30)9-20(47-31)37-15-33-22-23(34-26(32)36-24(22)37)35-27(41)48-29(3,4)12-21(39)43-13-18-16(2)44-28(42)45-18/h1,15,17,19-20,38H,6-14H2,2-4H3,(H,34,35,36,41)/t19-,20+,31+/m0/s1. The Kier molecular flexibility index (Phi) is 8.73. The molecule has 2 aliphatic carbocycles. The van der Waals surface area contributed by atoms with Crippen LogP contribution in [0.2, 0.25) is 5.28 Å². The van der Waals surface area contributed by atoms with Gasteiger partial charge >= 0.3 is 23.9 Å². The van der Waals surface area contributed by atoms with Crippen LogP contribution in [-0.2, 0) is 35.1 Å². The largest absolute Gasteiger partial charge is 0.519 e. The lowest BCUT2D eigenvalue weighted by Gasteiger charge is -2.53. The molecule has 256 valence electrons. The third-order valence-corrected chi connectivity index (χ3v) is 9.36. The molecule has 4 heterocycles. The number of carbonyl (C=O) groups excluding carboxylic acids is 3. The molecular formula is C31H34ClN5O11. The number of hydrogen-bond acceptors (Lipinski definition) is 14. The summed E-state index contributed by atoms with van der Waals surface area (Å²) in [6.07, 6.45) is 9.14. The Morgan fingerprint density at radius 1 is 1.25 bits per heavy atom.